The van der Waals surface area contributed by atoms with Gasteiger partial charge in [0.25, 0.3) is 0 Å². The van der Waals surface area contributed by atoms with Crippen molar-refractivity contribution in [3.63, 3.8) is 0 Å². The first kappa shape index (κ1) is 17.6. The van der Waals surface area contributed by atoms with Gasteiger partial charge in [-0.15, -0.1) is 0 Å². The van der Waals surface area contributed by atoms with Crippen LogP contribution < -0.4 is 15.4 Å². The number of nitro groups is 1. The third-order valence-corrected chi connectivity index (χ3v) is 4.00. The van der Waals surface area contributed by atoms with Gasteiger partial charge in [-0.25, -0.2) is 9.97 Å². The number of ether oxygens (including phenoxy) is 1. The Morgan fingerprint density at radius 1 is 1.04 bits per heavy atom. The smallest absolute Gasteiger partial charge is 0.353 e. The highest BCUT2D eigenvalue weighted by Gasteiger charge is 2.24. The van der Waals surface area contributed by atoms with Crippen LogP contribution in [0.4, 0.5) is 28.7 Å². The van der Waals surface area contributed by atoms with Crippen LogP contribution in [-0.4, -0.2) is 22.0 Å². The second kappa shape index (κ2) is 7.79. The van der Waals surface area contributed by atoms with Crippen LogP contribution in [0.1, 0.15) is 0 Å². The summed E-state index contributed by atoms with van der Waals surface area (Å²) in [5, 5.41) is 17.5. The maximum Gasteiger partial charge on any atom is 0.353 e. The summed E-state index contributed by atoms with van der Waals surface area (Å²) in [5.74, 6) is 0.696. The molecule has 0 radical (unpaired) electrons. The minimum atomic E-state index is -0.529. The lowest BCUT2D eigenvalue weighted by Crippen LogP contribution is -2.06. The van der Waals surface area contributed by atoms with Gasteiger partial charge in [0, 0.05) is 10.2 Å². The lowest BCUT2D eigenvalue weighted by Gasteiger charge is -2.12. The molecule has 0 aliphatic heterocycles. The molecular weight excluding hydrogens is 402 g/mol. The molecule has 3 rings (SSSR count). The monoisotopic (exact) mass is 415 g/mol. The normalized spacial score (nSPS) is 10.2. The minimum Gasteiger partial charge on any atom is -0.495 e. The van der Waals surface area contributed by atoms with Gasteiger partial charge in [0.1, 0.15) is 12.1 Å². The lowest BCUT2D eigenvalue weighted by atomic mass is 10.3. The first-order chi connectivity index (χ1) is 12.6. The van der Waals surface area contributed by atoms with Crippen LogP contribution in [0.3, 0.4) is 0 Å². The molecule has 8 nitrogen and oxygen atoms in total. The van der Waals surface area contributed by atoms with Gasteiger partial charge in [-0.05, 0) is 36.4 Å². The summed E-state index contributed by atoms with van der Waals surface area (Å²) in [7, 11) is 1.52. The molecule has 0 amide bonds. The molecule has 1 aromatic heterocycles. The highest BCUT2D eigenvalue weighted by Crippen LogP contribution is 2.35. The average Bonchev–Trinajstić information content (AvgIpc) is 2.64. The first-order valence-corrected chi connectivity index (χ1v) is 8.30. The molecule has 0 aliphatic rings. The Hall–Kier alpha value is -3.20. The quantitative estimate of drug-likeness (QED) is 0.446. The van der Waals surface area contributed by atoms with Gasteiger partial charge < -0.3 is 15.4 Å². The van der Waals surface area contributed by atoms with Crippen molar-refractivity contribution in [3.8, 4) is 5.75 Å². The second-order valence-electron chi connectivity index (χ2n) is 5.13. The number of benzene rings is 2. The van der Waals surface area contributed by atoms with Gasteiger partial charge in [-0.3, -0.25) is 10.1 Å². The summed E-state index contributed by atoms with van der Waals surface area (Å²) < 4.78 is 6.16. The highest BCUT2D eigenvalue weighted by molar-refractivity contribution is 9.10. The van der Waals surface area contributed by atoms with Crippen LogP contribution >= 0.6 is 15.9 Å². The maximum atomic E-state index is 11.6. The van der Waals surface area contributed by atoms with Crippen LogP contribution in [0.5, 0.6) is 5.75 Å². The number of hydrogen-bond acceptors (Lipinski definition) is 7. The summed E-state index contributed by atoms with van der Waals surface area (Å²) in [6.45, 7) is 0. The molecule has 0 fully saturated rings. The van der Waals surface area contributed by atoms with Crippen molar-refractivity contribution in [1.82, 2.24) is 9.97 Å². The third-order valence-electron chi connectivity index (χ3n) is 3.47. The van der Waals surface area contributed by atoms with Gasteiger partial charge in [-0.1, -0.05) is 28.1 Å². The average molecular weight is 416 g/mol. The van der Waals surface area contributed by atoms with Gasteiger partial charge in [0.15, 0.2) is 0 Å². The van der Waals surface area contributed by atoms with Crippen molar-refractivity contribution in [1.29, 1.82) is 0 Å². The number of hydrogen-bond donors (Lipinski definition) is 2. The molecule has 3 aromatic rings. The van der Waals surface area contributed by atoms with Gasteiger partial charge in [-0.2, -0.15) is 0 Å². The molecule has 2 aromatic carbocycles. The van der Waals surface area contributed by atoms with Crippen LogP contribution in [0.25, 0.3) is 0 Å². The summed E-state index contributed by atoms with van der Waals surface area (Å²) in [4.78, 5) is 19.1. The van der Waals surface area contributed by atoms with E-state index >= 15 is 0 Å². The Kier molecular flexibility index (Phi) is 5.28. The molecule has 0 bridgehead atoms. The molecule has 0 saturated heterocycles. The summed E-state index contributed by atoms with van der Waals surface area (Å²) in [5.41, 5.74) is 0.964. The van der Waals surface area contributed by atoms with E-state index in [0.717, 1.165) is 4.47 Å². The van der Waals surface area contributed by atoms with E-state index in [1.807, 2.05) is 12.1 Å². The van der Waals surface area contributed by atoms with E-state index in [1.54, 1.807) is 36.4 Å². The number of nitrogens with zero attached hydrogens (tertiary/aromatic N) is 3. The zero-order chi connectivity index (χ0) is 18.5. The van der Waals surface area contributed by atoms with E-state index in [-0.39, 0.29) is 17.3 Å². The molecular formula is C17H14BrN5O3. The largest absolute Gasteiger partial charge is 0.495 e. The van der Waals surface area contributed by atoms with Crippen LogP contribution in [0, 0.1) is 10.1 Å². The van der Waals surface area contributed by atoms with Crippen molar-refractivity contribution in [2.45, 2.75) is 0 Å². The van der Waals surface area contributed by atoms with Crippen molar-refractivity contribution in [3.05, 3.63) is 69.4 Å². The van der Waals surface area contributed by atoms with Crippen LogP contribution in [-0.2, 0) is 0 Å². The molecule has 1 heterocycles. The number of anilines is 4. The number of nitrogens with one attached hydrogen (secondary N) is 2. The Morgan fingerprint density at radius 2 is 1.69 bits per heavy atom. The molecule has 0 atom stereocenters. The van der Waals surface area contributed by atoms with Gasteiger partial charge in [0.2, 0.25) is 11.6 Å². The van der Waals surface area contributed by atoms with E-state index < -0.39 is 4.92 Å². The summed E-state index contributed by atoms with van der Waals surface area (Å²) >= 11 is 3.35. The Balaban J connectivity index is 1.98. The van der Waals surface area contributed by atoms with Gasteiger partial charge >= 0.3 is 5.69 Å². The van der Waals surface area contributed by atoms with E-state index in [4.69, 9.17) is 4.74 Å². The fourth-order valence-corrected chi connectivity index (χ4v) is 2.54. The number of para-hydroxylation sites is 2. The number of aromatic nitrogens is 2. The topological polar surface area (TPSA) is 102 Å². The molecule has 0 spiro atoms. The predicted octanol–water partition coefficient (Wildman–Crippen LogP) is 4.64. The standard InChI is InChI=1S/C17H14BrN5O3/c1-26-14-5-3-2-4-13(14)22-17-15(23(24)25)16(19-10-20-17)21-12-8-6-11(18)7-9-12/h2-10H,1H3,(H2,19,20,21,22). The number of rotatable bonds is 6. The number of halogens is 1. The van der Waals surface area contributed by atoms with E-state index in [1.165, 1.54) is 13.4 Å². The Labute approximate surface area is 157 Å². The van der Waals surface area contributed by atoms with Gasteiger partial charge in [0.05, 0.1) is 17.7 Å². The first-order valence-electron chi connectivity index (χ1n) is 7.50. The molecule has 9 heteroatoms. The SMILES string of the molecule is COc1ccccc1Nc1ncnc(Nc2ccc(Br)cc2)c1[N+](=O)[O-]. The van der Waals surface area contributed by atoms with Crippen molar-refractivity contribution in [2.24, 2.45) is 0 Å². The molecule has 132 valence electrons. The van der Waals surface area contributed by atoms with E-state index in [0.29, 0.717) is 17.1 Å². The third kappa shape index (κ3) is 3.89. The van der Waals surface area contributed by atoms with E-state index in [9.17, 15) is 10.1 Å². The van der Waals surface area contributed by atoms with Crippen molar-refractivity contribution >= 4 is 44.6 Å². The summed E-state index contributed by atoms with van der Waals surface area (Å²) in [6, 6.07) is 14.3. The maximum absolute atomic E-state index is 11.6. The molecule has 0 aliphatic carbocycles. The Bertz CT molecular complexity index is 934. The molecule has 2 N–H and O–H groups in total. The van der Waals surface area contributed by atoms with Crippen LogP contribution in [0.2, 0.25) is 0 Å². The fraction of sp³-hybridized carbons (Fsp3) is 0.0588. The van der Waals surface area contributed by atoms with Crippen molar-refractivity contribution in [2.75, 3.05) is 17.7 Å². The summed E-state index contributed by atoms with van der Waals surface area (Å²) in [6.07, 6.45) is 1.26. The van der Waals surface area contributed by atoms with Crippen LogP contribution in [0.15, 0.2) is 59.3 Å². The minimum absolute atomic E-state index is 0.0640. The predicted molar refractivity (Wildman–Crippen MR) is 102 cm³/mol. The zero-order valence-corrected chi connectivity index (χ0v) is 15.2. The van der Waals surface area contributed by atoms with Crippen molar-refractivity contribution < 1.29 is 9.66 Å². The zero-order valence-electron chi connectivity index (χ0n) is 13.6. The highest BCUT2D eigenvalue weighted by atomic mass is 79.9. The molecule has 0 saturated carbocycles. The lowest BCUT2D eigenvalue weighted by molar-refractivity contribution is -0.383. The number of methoxy groups -OCH3 is 1. The Morgan fingerprint density at radius 3 is 2.35 bits per heavy atom. The molecule has 26 heavy (non-hydrogen) atoms. The second-order valence-corrected chi connectivity index (χ2v) is 6.05. The fourth-order valence-electron chi connectivity index (χ4n) is 2.28. The van der Waals surface area contributed by atoms with E-state index in [2.05, 4.69) is 36.5 Å². The molecule has 0 unspecified atom stereocenters.